The van der Waals surface area contributed by atoms with Gasteiger partial charge in [0.15, 0.2) is 0 Å². The smallest absolute Gasteiger partial charge is 0.0750 e. The van der Waals surface area contributed by atoms with Crippen LogP contribution >= 0.6 is 0 Å². The lowest BCUT2D eigenvalue weighted by atomic mass is 10.1. The second-order valence-corrected chi connectivity index (χ2v) is 4.59. The predicted molar refractivity (Wildman–Crippen MR) is 67.8 cm³/mol. The van der Waals surface area contributed by atoms with Crippen LogP contribution in [0.2, 0.25) is 0 Å². The van der Waals surface area contributed by atoms with Gasteiger partial charge in [-0.3, -0.25) is 0 Å². The van der Waals surface area contributed by atoms with E-state index < -0.39 is 0 Å². The van der Waals surface area contributed by atoms with E-state index in [0.717, 1.165) is 18.7 Å². The van der Waals surface area contributed by atoms with Gasteiger partial charge >= 0.3 is 0 Å². The topological polar surface area (TPSA) is 38.5 Å². The molecule has 1 aliphatic heterocycles. The molecule has 1 fully saturated rings. The number of ether oxygens (including phenoxy) is 1. The van der Waals surface area contributed by atoms with Crippen molar-refractivity contribution in [2.45, 2.75) is 32.4 Å². The lowest BCUT2D eigenvalue weighted by Gasteiger charge is -2.30. The van der Waals surface area contributed by atoms with Gasteiger partial charge in [-0.1, -0.05) is 0 Å². The maximum atomic E-state index is 5.77. The van der Waals surface area contributed by atoms with Gasteiger partial charge in [-0.05, 0) is 44.0 Å². The highest BCUT2D eigenvalue weighted by atomic mass is 16.5. The molecule has 3 nitrogen and oxygen atoms in total. The molecular weight excluding hydrogens is 200 g/mol. The number of hydrogen-bond donors (Lipinski definition) is 1. The number of nitrogens with two attached hydrogens (primary N) is 1. The first-order valence-electron chi connectivity index (χ1n) is 5.80. The van der Waals surface area contributed by atoms with Crippen molar-refractivity contribution in [1.82, 2.24) is 0 Å². The van der Waals surface area contributed by atoms with E-state index in [2.05, 4.69) is 31.9 Å². The lowest BCUT2D eigenvalue weighted by molar-refractivity contribution is 0.118. The van der Waals surface area contributed by atoms with Crippen molar-refractivity contribution in [2.24, 2.45) is 0 Å². The summed E-state index contributed by atoms with van der Waals surface area (Å²) in [6.45, 7) is 5.10. The molecule has 1 saturated heterocycles. The molecule has 1 aliphatic rings. The zero-order valence-corrected chi connectivity index (χ0v) is 10.2. The second kappa shape index (κ2) is 4.34. The minimum Gasteiger partial charge on any atom is -0.399 e. The van der Waals surface area contributed by atoms with E-state index in [4.69, 9.17) is 10.5 Å². The highest BCUT2D eigenvalue weighted by Gasteiger charge is 2.28. The molecule has 0 amide bonds. The molecular formula is C13H20N2O. The van der Waals surface area contributed by atoms with Crippen LogP contribution in [0.5, 0.6) is 0 Å². The van der Waals surface area contributed by atoms with E-state index >= 15 is 0 Å². The summed E-state index contributed by atoms with van der Waals surface area (Å²) in [7, 11) is 2.13. The highest BCUT2D eigenvalue weighted by Crippen LogP contribution is 2.27. The molecule has 2 unspecified atom stereocenters. The summed E-state index contributed by atoms with van der Waals surface area (Å²) in [6, 6.07) is 6.55. The number of anilines is 2. The fourth-order valence-electron chi connectivity index (χ4n) is 2.48. The molecule has 2 N–H and O–H groups in total. The van der Waals surface area contributed by atoms with Gasteiger partial charge in [-0.15, -0.1) is 0 Å². The van der Waals surface area contributed by atoms with Crippen molar-refractivity contribution >= 4 is 11.4 Å². The van der Waals surface area contributed by atoms with Crippen molar-refractivity contribution in [2.75, 3.05) is 24.3 Å². The highest BCUT2D eigenvalue weighted by molar-refractivity contribution is 5.59. The van der Waals surface area contributed by atoms with E-state index in [1.807, 2.05) is 12.1 Å². The molecule has 3 heteroatoms. The third kappa shape index (κ3) is 2.00. The standard InChI is InChI=1S/C13H20N2O/c1-9-8-11(14)4-5-12(9)15(3)13-6-7-16-10(13)2/h4-5,8,10,13H,6-7,14H2,1-3H3. The van der Waals surface area contributed by atoms with E-state index in [0.29, 0.717) is 12.1 Å². The molecule has 1 aromatic rings. The Labute approximate surface area is 97.2 Å². The van der Waals surface area contributed by atoms with Crippen LogP contribution in [0.15, 0.2) is 18.2 Å². The molecule has 0 radical (unpaired) electrons. The van der Waals surface area contributed by atoms with Gasteiger partial charge in [0.2, 0.25) is 0 Å². The van der Waals surface area contributed by atoms with E-state index in [1.54, 1.807) is 0 Å². The van der Waals surface area contributed by atoms with Crippen molar-refractivity contribution < 1.29 is 4.74 Å². The average molecular weight is 220 g/mol. The van der Waals surface area contributed by atoms with Crippen LogP contribution in [-0.4, -0.2) is 25.8 Å². The fourth-order valence-corrected chi connectivity index (χ4v) is 2.48. The summed E-state index contributed by atoms with van der Waals surface area (Å²) < 4.78 is 5.61. The van der Waals surface area contributed by atoms with Crippen molar-refractivity contribution in [3.63, 3.8) is 0 Å². The molecule has 1 heterocycles. The minimum absolute atomic E-state index is 0.307. The van der Waals surface area contributed by atoms with Gasteiger partial charge in [0.05, 0.1) is 12.1 Å². The van der Waals surface area contributed by atoms with E-state index in [-0.39, 0.29) is 0 Å². The Hall–Kier alpha value is -1.22. The van der Waals surface area contributed by atoms with Crippen molar-refractivity contribution in [3.8, 4) is 0 Å². The molecule has 2 atom stereocenters. The Bertz CT molecular complexity index is 378. The molecule has 1 aromatic carbocycles. The first-order chi connectivity index (χ1) is 7.59. The molecule has 2 rings (SSSR count). The number of nitrogen functional groups attached to an aromatic ring is 1. The van der Waals surface area contributed by atoms with Crippen LogP contribution in [0.25, 0.3) is 0 Å². The number of nitrogens with zero attached hydrogens (tertiary/aromatic N) is 1. The summed E-state index contributed by atoms with van der Waals surface area (Å²) >= 11 is 0. The molecule has 0 spiro atoms. The molecule has 0 aliphatic carbocycles. The Morgan fingerprint density at radius 1 is 1.44 bits per heavy atom. The van der Waals surface area contributed by atoms with Gasteiger partial charge in [0, 0.05) is 25.0 Å². The van der Waals surface area contributed by atoms with Gasteiger partial charge in [-0.25, -0.2) is 0 Å². The number of aryl methyl sites for hydroxylation is 1. The average Bonchev–Trinajstić information content (AvgIpc) is 2.63. The summed E-state index contributed by atoms with van der Waals surface area (Å²) in [5.74, 6) is 0. The van der Waals surface area contributed by atoms with E-state index in [1.165, 1.54) is 11.3 Å². The van der Waals surface area contributed by atoms with Gasteiger partial charge < -0.3 is 15.4 Å². The predicted octanol–water partition coefficient (Wildman–Crippen LogP) is 2.19. The van der Waals surface area contributed by atoms with Crippen LogP contribution in [0.3, 0.4) is 0 Å². The quantitative estimate of drug-likeness (QED) is 0.776. The summed E-state index contributed by atoms with van der Waals surface area (Å²) in [5, 5.41) is 0. The van der Waals surface area contributed by atoms with Gasteiger partial charge in [0.1, 0.15) is 0 Å². The Balaban J connectivity index is 2.23. The largest absolute Gasteiger partial charge is 0.399 e. The Kier molecular flexibility index (Phi) is 3.06. The third-order valence-corrected chi connectivity index (χ3v) is 3.43. The first-order valence-corrected chi connectivity index (χ1v) is 5.80. The normalized spacial score (nSPS) is 24.7. The van der Waals surface area contributed by atoms with Crippen LogP contribution < -0.4 is 10.6 Å². The third-order valence-electron chi connectivity index (χ3n) is 3.43. The summed E-state index contributed by atoms with van der Waals surface area (Å²) in [4.78, 5) is 2.31. The van der Waals surface area contributed by atoms with Gasteiger partial charge in [0.25, 0.3) is 0 Å². The molecule has 16 heavy (non-hydrogen) atoms. The number of rotatable bonds is 2. The summed E-state index contributed by atoms with van der Waals surface area (Å²) in [6.07, 6.45) is 1.41. The van der Waals surface area contributed by atoms with Crippen LogP contribution in [0.1, 0.15) is 18.9 Å². The SMILES string of the molecule is Cc1cc(N)ccc1N(C)C1CCOC1C. The Morgan fingerprint density at radius 2 is 2.19 bits per heavy atom. The van der Waals surface area contributed by atoms with Crippen molar-refractivity contribution in [3.05, 3.63) is 23.8 Å². The molecule has 88 valence electrons. The van der Waals surface area contributed by atoms with E-state index in [9.17, 15) is 0 Å². The number of likely N-dealkylation sites (N-methyl/N-ethyl adjacent to an activating group) is 1. The van der Waals surface area contributed by atoms with Gasteiger partial charge in [-0.2, -0.15) is 0 Å². The number of benzene rings is 1. The van der Waals surface area contributed by atoms with Crippen molar-refractivity contribution in [1.29, 1.82) is 0 Å². The summed E-state index contributed by atoms with van der Waals surface area (Å²) in [5.41, 5.74) is 9.06. The maximum Gasteiger partial charge on any atom is 0.0750 e. The first kappa shape index (κ1) is 11.3. The Morgan fingerprint density at radius 3 is 2.75 bits per heavy atom. The van der Waals surface area contributed by atoms with Crippen LogP contribution in [0, 0.1) is 6.92 Å². The molecule has 0 bridgehead atoms. The lowest BCUT2D eigenvalue weighted by Crippen LogP contribution is -2.37. The maximum absolute atomic E-state index is 5.77. The molecule has 0 aromatic heterocycles. The number of hydrogen-bond acceptors (Lipinski definition) is 3. The monoisotopic (exact) mass is 220 g/mol. The minimum atomic E-state index is 0.307. The fraction of sp³-hybridized carbons (Fsp3) is 0.538. The second-order valence-electron chi connectivity index (χ2n) is 4.59. The van der Waals surface area contributed by atoms with Crippen LogP contribution in [-0.2, 0) is 4.74 Å². The van der Waals surface area contributed by atoms with Crippen LogP contribution in [0.4, 0.5) is 11.4 Å². The molecule has 0 saturated carbocycles. The zero-order valence-electron chi connectivity index (χ0n) is 10.2. The zero-order chi connectivity index (χ0) is 11.7.